The molecule has 1 N–H and O–H groups in total. The zero-order valence-electron chi connectivity index (χ0n) is 17.3. The normalized spacial score (nSPS) is 32.4. The number of amides is 1. The lowest BCUT2D eigenvalue weighted by molar-refractivity contribution is -0.143. The van der Waals surface area contributed by atoms with Gasteiger partial charge in [0.05, 0.1) is 5.75 Å². The van der Waals surface area contributed by atoms with Gasteiger partial charge in [0.15, 0.2) is 0 Å². The third kappa shape index (κ3) is 3.38. The highest BCUT2D eigenvalue weighted by Gasteiger charge is 2.53. The second kappa shape index (κ2) is 7.85. The minimum Gasteiger partial charge on any atom is -0.480 e. The van der Waals surface area contributed by atoms with Crippen molar-refractivity contribution in [2.75, 3.05) is 18.8 Å². The van der Waals surface area contributed by atoms with E-state index in [9.17, 15) is 19.1 Å². The summed E-state index contributed by atoms with van der Waals surface area (Å²) >= 11 is 1.53. The molecule has 3 atom stereocenters. The molecule has 5 nitrogen and oxygen atoms in total. The van der Waals surface area contributed by atoms with Gasteiger partial charge in [-0.3, -0.25) is 19.4 Å². The summed E-state index contributed by atoms with van der Waals surface area (Å²) in [4.78, 5) is 29.3. The molecule has 1 amide bonds. The van der Waals surface area contributed by atoms with E-state index in [-0.39, 0.29) is 17.1 Å². The molecule has 3 unspecified atom stereocenters. The Kier molecular flexibility index (Phi) is 5.53. The van der Waals surface area contributed by atoms with Gasteiger partial charge >= 0.3 is 5.97 Å². The number of piperidine rings is 1. The number of nitrogens with zero attached hydrogens (tertiary/aromatic N) is 2. The summed E-state index contributed by atoms with van der Waals surface area (Å²) in [7, 11) is 0. The van der Waals surface area contributed by atoms with E-state index in [4.69, 9.17) is 0 Å². The van der Waals surface area contributed by atoms with Crippen LogP contribution in [0, 0.1) is 11.2 Å². The van der Waals surface area contributed by atoms with E-state index < -0.39 is 17.0 Å². The summed E-state index contributed by atoms with van der Waals surface area (Å²) in [5.74, 6) is -0.871. The number of carbonyl (C=O) groups is 2. The number of hydrogen-bond donors (Lipinski definition) is 1. The lowest BCUT2D eigenvalue weighted by atomic mass is 9.77. The molecule has 7 heteroatoms. The Hall–Kier alpha value is -2.12. The maximum absolute atomic E-state index is 13.5. The number of halogens is 1. The third-order valence-electron chi connectivity index (χ3n) is 6.45. The van der Waals surface area contributed by atoms with Crippen molar-refractivity contribution >= 4 is 23.6 Å². The Morgan fingerprint density at radius 3 is 2.43 bits per heavy atom. The highest BCUT2D eigenvalue weighted by molar-refractivity contribution is 8.00. The zero-order chi connectivity index (χ0) is 21.5. The van der Waals surface area contributed by atoms with E-state index in [1.165, 1.54) is 23.9 Å². The second-order valence-corrected chi connectivity index (χ2v) is 9.57. The van der Waals surface area contributed by atoms with Crippen LogP contribution in [0.3, 0.4) is 0 Å². The smallest absolute Gasteiger partial charge is 0.317 e. The largest absolute Gasteiger partial charge is 0.480 e. The summed E-state index contributed by atoms with van der Waals surface area (Å²) in [5, 5.41) is 9.48. The van der Waals surface area contributed by atoms with Crippen molar-refractivity contribution in [2.45, 2.75) is 44.1 Å². The Morgan fingerprint density at radius 2 is 1.83 bits per heavy atom. The zero-order valence-corrected chi connectivity index (χ0v) is 18.1. The quantitative estimate of drug-likeness (QED) is 0.726. The summed E-state index contributed by atoms with van der Waals surface area (Å²) in [6, 6.07) is 6.31. The standard InChI is InChI=1S/C23H27FN2O3S/c1-16-14-22(2,21(28)29)10-11-23(16,25-12-4-3-5-13-25)26-19(27)15-30-20(26)17-6-8-18(24)9-7-17/h6-11,14,20H,3-5,12-13,15H2,1-2H3,(H,28,29). The number of carboxylic acids is 1. The van der Waals surface area contributed by atoms with E-state index >= 15 is 0 Å². The van der Waals surface area contributed by atoms with Crippen LogP contribution in [0.5, 0.6) is 0 Å². The van der Waals surface area contributed by atoms with E-state index in [2.05, 4.69) is 4.90 Å². The molecule has 0 aromatic heterocycles. The predicted molar refractivity (Wildman–Crippen MR) is 115 cm³/mol. The van der Waals surface area contributed by atoms with Crippen molar-refractivity contribution < 1.29 is 19.1 Å². The minimum atomic E-state index is -1.11. The van der Waals surface area contributed by atoms with Gasteiger partial charge in [0.1, 0.15) is 22.3 Å². The second-order valence-electron chi connectivity index (χ2n) is 8.50. The van der Waals surface area contributed by atoms with E-state index in [1.54, 1.807) is 31.2 Å². The highest BCUT2D eigenvalue weighted by Crippen LogP contribution is 2.50. The number of thioether (sulfide) groups is 1. The van der Waals surface area contributed by atoms with Crippen molar-refractivity contribution in [1.82, 2.24) is 9.80 Å². The molecule has 3 aliphatic rings. The molecular formula is C23H27FN2O3S. The molecule has 0 radical (unpaired) electrons. The number of benzene rings is 1. The predicted octanol–water partition coefficient (Wildman–Crippen LogP) is 4.19. The maximum atomic E-state index is 13.5. The van der Waals surface area contributed by atoms with Crippen LogP contribution in [-0.4, -0.2) is 51.3 Å². The molecule has 2 saturated heterocycles. The molecule has 160 valence electrons. The molecule has 0 bridgehead atoms. The molecule has 1 aliphatic carbocycles. The van der Waals surface area contributed by atoms with E-state index in [0.29, 0.717) is 5.75 Å². The van der Waals surface area contributed by atoms with Gasteiger partial charge in [0.2, 0.25) is 5.91 Å². The van der Waals surface area contributed by atoms with Gasteiger partial charge in [0.25, 0.3) is 0 Å². The SMILES string of the molecule is CC1=CC(C)(C(=O)O)C=CC1(N1CCCCC1)N1C(=O)CSC1c1ccc(F)cc1. The molecule has 0 saturated carbocycles. The Morgan fingerprint density at radius 1 is 1.17 bits per heavy atom. The lowest BCUT2D eigenvalue weighted by Crippen LogP contribution is -2.63. The van der Waals surface area contributed by atoms with Gasteiger partial charge < -0.3 is 5.11 Å². The summed E-state index contributed by atoms with van der Waals surface area (Å²) in [6.07, 6.45) is 8.64. The van der Waals surface area contributed by atoms with Gasteiger partial charge in [-0.25, -0.2) is 4.39 Å². The number of likely N-dealkylation sites (tertiary alicyclic amines) is 1. The first-order chi connectivity index (χ1) is 14.3. The average molecular weight is 431 g/mol. The molecule has 2 heterocycles. The van der Waals surface area contributed by atoms with Crippen LogP contribution in [0.2, 0.25) is 0 Å². The number of carboxylic acid groups (broad SMARTS) is 1. The van der Waals surface area contributed by atoms with Crippen molar-refractivity contribution in [3.8, 4) is 0 Å². The van der Waals surface area contributed by atoms with Crippen molar-refractivity contribution in [2.24, 2.45) is 5.41 Å². The highest BCUT2D eigenvalue weighted by atomic mass is 32.2. The number of carbonyl (C=O) groups excluding carboxylic acids is 1. The van der Waals surface area contributed by atoms with Gasteiger partial charge in [-0.05, 0) is 56.0 Å². The first kappa shape index (κ1) is 21.1. The van der Waals surface area contributed by atoms with Crippen LogP contribution >= 0.6 is 11.8 Å². The monoisotopic (exact) mass is 430 g/mol. The van der Waals surface area contributed by atoms with Crippen LogP contribution < -0.4 is 0 Å². The fourth-order valence-corrected chi connectivity index (χ4v) is 6.05. The Bertz CT molecular complexity index is 910. The topological polar surface area (TPSA) is 60.9 Å². The third-order valence-corrected chi connectivity index (χ3v) is 7.66. The number of rotatable bonds is 4. The fourth-order valence-electron chi connectivity index (χ4n) is 4.84. The summed E-state index contributed by atoms with van der Waals surface area (Å²) in [6.45, 7) is 5.28. The molecule has 1 aromatic carbocycles. The van der Waals surface area contributed by atoms with Crippen LogP contribution in [-0.2, 0) is 9.59 Å². The molecule has 1 aromatic rings. The lowest BCUT2D eigenvalue weighted by Gasteiger charge is -2.53. The van der Waals surface area contributed by atoms with Crippen LogP contribution in [0.15, 0.2) is 48.1 Å². The molecule has 0 spiro atoms. The first-order valence-electron chi connectivity index (χ1n) is 10.4. The summed E-state index contributed by atoms with van der Waals surface area (Å²) < 4.78 is 13.5. The molecule has 2 aliphatic heterocycles. The molecule has 30 heavy (non-hydrogen) atoms. The van der Waals surface area contributed by atoms with Gasteiger partial charge in [-0.2, -0.15) is 0 Å². The van der Waals surface area contributed by atoms with Crippen molar-refractivity contribution in [3.63, 3.8) is 0 Å². The van der Waals surface area contributed by atoms with Gasteiger partial charge in [-0.15, -0.1) is 11.8 Å². The van der Waals surface area contributed by atoms with Crippen molar-refractivity contribution in [3.05, 3.63) is 59.4 Å². The molecular weight excluding hydrogens is 403 g/mol. The summed E-state index contributed by atoms with van der Waals surface area (Å²) in [5.41, 5.74) is -0.198. The fraction of sp³-hybridized carbons (Fsp3) is 0.478. The van der Waals surface area contributed by atoms with Gasteiger partial charge in [-0.1, -0.05) is 30.7 Å². The minimum absolute atomic E-state index is 0.0104. The average Bonchev–Trinajstić information content (AvgIpc) is 3.11. The molecule has 4 rings (SSSR count). The van der Waals surface area contributed by atoms with Gasteiger partial charge in [0, 0.05) is 13.1 Å². The Labute approximate surface area is 180 Å². The molecule has 2 fully saturated rings. The van der Waals surface area contributed by atoms with Crippen molar-refractivity contribution in [1.29, 1.82) is 0 Å². The van der Waals surface area contributed by atoms with Crippen LogP contribution in [0.25, 0.3) is 0 Å². The number of aliphatic carboxylic acids is 1. The van der Waals surface area contributed by atoms with E-state index in [0.717, 1.165) is 43.5 Å². The first-order valence-corrected chi connectivity index (χ1v) is 11.4. The maximum Gasteiger partial charge on any atom is 0.317 e. The number of hydrogen-bond acceptors (Lipinski definition) is 4. The van der Waals surface area contributed by atoms with E-state index in [1.807, 2.05) is 17.9 Å². The Balaban J connectivity index is 1.83. The van der Waals surface area contributed by atoms with Crippen LogP contribution in [0.4, 0.5) is 4.39 Å². The van der Waals surface area contributed by atoms with Crippen LogP contribution in [0.1, 0.15) is 44.0 Å².